The van der Waals surface area contributed by atoms with Crippen molar-refractivity contribution in [3.8, 4) is 0 Å². The molecule has 3 rings (SSSR count). The number of rotatable bonds is 2. The molecular weight excluding hydrogens is 300 g/mol. The number of nitrogens with zero attached hydrogens (tertiary/aromatic N) is 1. The van der Waals surface area contributed by atoms with Gasteiger partial charge >= 0.3 is 0 Å². The van der Waals surface area contributed by atoms with Gasteiger partial charge in [0.1, 0.15) is 5.58 Å². The van der Waals surface area contributed by atoms with Crippen molar-refractivity contribution >= 4 is 29.3 Å². The normalized spacial score (nSPS) is 15.9. The number of aryl methyl sites for hydroxylation is 2. The van der Waals surface area contributed by atoms with Gasteiger partial charge in [0.2, 0.25) is 0 Å². The number of furan rings is 1. The van der Waals surface area contributed by atoms with Gasteiger partial charge in [0, 0.05) is 24.5 Å². The second kappa shape index (κ2) is 6.71. The molecule has 1 aromatic heterocycles. The average Bonchev–Trinajstić information content (AvgIpc) is 2.90. The highest BCUT2D eigenvalue weighted by atomic mass is 35.5. The summed E-state index contributed by atoms with van der Waals surface area (Å²) < 4.78 is 5.77. The summed E-state index contributed by atoms with van der Waals surface area (Å²) >= 11 is 0. The number of amides is 1. The first-order chi connectivity index (χ1) is 10.1. The summed E-state index contributed by atoms with van der Waals surface area (Å²) in [6, 6.07) is 6.48. The van der Waals surface area contributed by atoms with Crippen LogP contribution in [0.2, 0.25) is 0 Å². The van der Waals surface area contributed by atoms with Crippen LogP contribution in [-0.2, 0) is 0 Å². The molecule has 0 spiro atoms. The Hall–Kier alpha value is -1.52. The van der Waals surface area contributed by atoms with Gasteiger partial charge in [-0.2, -0.15) is 0 Å². The van der Waals surface area contributed by atoms with Gasteiger partial charge in [-0.1, -0.05) is 0 Å². The van der Waals surface area contributed by atoms with Crippen LogP contribution in [0.5, 0.6) is 0 Å². The Morgan fingerprint density at radius 3 is 2.45 bits per heavy atom. The van der Waals surface area contributed by atoms with Crippen molar-refractivity contribution in [1.82, 2.24) is 10.2 Å². The Morgan fingerprint density at radius 1 is 1.18 bits per heavy atom. The third kappa shape index (κ3) is 3.13. The van der Waals surface area contributed by atoms with Gasteiger partial charge in [-0.15, -0.1) is 12.4 Å². The number of carbonyl (C=O) groups excluding carboxylic acids is 1. The van der Waals surface area contributed by atoms with Gasteiger partial charge < -0.3 is 14.6 Å². The molecule has 1 amide bonds. The summed E-state index contributed by atoms with van der Waals surface area (Å²) in [4.78, 5) is 14.4. The largest absolute Gasteiger partial charge is 0.451 e. The van der Waals surface area contributed by atoms with E-state index in [2.05, 4.69) is 25.2 Å². The number of hydrogen-bond acceptors (Lipinski definition) is 3. The van der Waals surface area contributed by atoms with Crippen molar-refractivity contribution in [3.05, 3.63) is 35.1 Å². The summed E-state index contributed by atoms with van der Waals surface area (Å²) in [5.41, 5.74) is 3.20. The van der Waals surface area contributed by atoms with E-state index in [0.717, 1.165) is 36.9 Å². The Balaban J connectivity index is 0.00000176. The number of piperidine rings is 1. The monoisotopic (exact) mass is 322 g/mol. The fourth-order valence-electron chi connectivity index (χ4n) is 2.93. The molecule has 2 heterocycles. The van der Waals surface area contributed by atoms with Gasteiger partial charge in [0.05, 0.1) is 0 Å². The lowest BCUT2D eigenvalue weighted by Gasteiger charge is -2.31. The number of nitrogens with one attached hydrogen (secondary N) is 1. The first-order valence-corrected chi connectivity index (χ1v) is 7.56. The summed E-state index contributed by atoms with van der Waals surface area (Å²) in [6.07, 6.45) is 2.00. The number of hydrogen-bond donors (Lipinski definition) is 1. The Kier molecular flexibility index (Phi) is 5.14. The topological polar surface area (TPSA) is 45.5 Å². The molecule has 120 valence electrons. The molecule has 1 aromatic carbocycles. The molecule has 1 aliphatic heterocycles. The Bertz CT molecular complexity index is 634. The number of fused-ring (bicyclic) bond motifs is 1. The first kappa shape index (κ1) is 16.8. The predicted molar refractivity (Wildman–Crippen MR) is 90.9 cm³/mol. The number of halogens is 1. The molecule has 1 fully saturated rings. The highest BCUT2D eigenvalue weighted by molar-refractivity contribution is 5.96. The van der Waals surface area contributed by atoms with E-state index in [9.17, 15) is 4.79 Å². The third-order valence-electron chi connectivity index (χ3n) is 4.53. The van der Waals surface area contributed by atoms with Crippen LogP contribution in [0.15, 0.2) is 22.6 Å². The fraction of sp³-hybridized carbons (Fsp3) is 0.471. The van der Waals surface area contributed by atoms with Gasteiger partial charge in [0.25, 0.3) is 5.91 Å². The van der Waals surface area contributed by atoms with Crippen LogP contribution in [0.25, 0.3) is 11.0 Å². The molecule has 0 aliphatic carbocycles. The minimum absolute atomic E-state index is 0. The Labute approximate surface area is 137 Å². The zero-order valence-corrected chi connectivity index (χ0v) is 14.1. The van der Waals surface area contributed by atoms with Crippen LogP contribution in [0, 0.1) is 13.8 Å². The average molecular weight is 323 g/mol. The lowest BCUT2D eigenvalue weighted by atomic mass is 10.1. The van der Waals surface area contributed by atoms with Crippen molar-refractivity contribution in [1.29, 1.82) is 0 Å². The maximum Gasteiger partial charge on any atom is 0.289 e. The molecule has 0 bridgehead atoms. The maximum absolute atomic E-state index is 12.5. The summed E-state index contributed by atoms with van der Waals surface area (Å²) in [5, 5.41) is 4.28. The summed E-state index contributed by atoms with van der Waals surface area (Å²) in [5.74, 6) is 0.467. The highest BCUT2D eigenvalue weighted by Crippen LogP contribution is 2.24. The van der Waals surface area contributed by atoms with E-state index in [4.69, 9.17) is 4.42 Å². The zero-order chi connectivity index (χ0) is 15.0. The minimum Gasteiger partial charge on any atom is -0.451 e. The number of likely N-dealkylation sites (tertiary alicyclic amines) is 1. The Morgan fingerprint density at radius 2 is 1.82 bits per heavy atom. The molecule has 4 nitrogen and oxygen atoms in total. The van der Waals surface area contributed by atoms with Gasteiger partial charge in [-0.25, -0.2) is 0 Å². The molecule has 0 atom stereocenters. The van der Waals surface area contributed by atoms with E-state index >= 15 is 0 Å². The lowest BCUT2D eigenvalue weighted by Crippen LogP contribution is -2.43. The van der Waals surface area contributed by atoms with Gasteiger partial charge in [-0.3, -0.25) is 4.79 Å². The number of benzene rings is 1. The van der Waals surface area contributed by atoms with E-state index in [1.165, 1.54) is 11.1 Å². The van der Waals surface area contributed by atoms with Gasteiger partial charge in [0.15, 0.2) is 5.76 Å². The van der Waals surface area contributed by atoms with Crippen LogP contribution in [0.3, 0.4) is 0 Å². The summed E-state index contributed by atoms with van der Waals surface area (Å²) in [7, 11) is 1.98. The minimum atomic E-state index is 0. The first-order valence-electron chi connectivity index (χ1n) is 7.56. The molecule has 1 saturated heterocycles. The van der Waals surface area contributed by atoms with Crippen molar-refractivity contribution in [2.24, 2.45) is 0 Å². The second-order valence-corrected chi connectivity index (χ2v) is 5.94. The number of carbonyl (C=O) groups is 1. The van der Waals surface area contributed by atoms with E-state index in [1.54, 1.807) is 0 Å². The van der Waals surface area contributed by atoms with Crippen LogP contribution in [0.1, 0.15) is 34.5 Å². The van der Waals surface area contributed by atoms with E-state index < -0.39 is 0 Å². The van der Waals surface area contributed by atoms with Crippen LogP contribution in [0.4, 0.5) is 0 Å². The van der Waals surface area contributed by atoms with Crippen molar-refractivity contribution < 1.29 is 9.21 Å². The van der Waals surface area contributed by atoms with Crippen molar-refractivity contribution in [2.45, 2.75) is 32.7 Å². The standard InChI is InChI=1S/C17H22N2O2.ClH/c1-11-8-13-10-16(21-15(13)9-12(11)2)17(20)19-6-4-14(18-3)5-7-19;/h8-10,14,18H,4-7H2,1-3H3;1H. The quantitative estimate of drug-likeness (QED) is 0.922. The molecule has 0 saturated carbocycles. The molecular formula is C17H23ClN2O2. The third-order valence-corrected chi connectivity index (χ3v) is 4.53. The molecule has 22 heavy (non-hydrogen) atoms. The maximum atomic E-state index is 12.5. The van der Waals surface area contributed by atoms with Crippen LogP contribution < -0.4 is 5.32 Å². The molecule has 0 radical (unpaired) electrons. The fourth-order valence-corrected chi connectivity index (χ4v) is 2.93. The molecule has 1 N–H and O–H groups in total. The molecule has 0 unspecified atom stereocenters. The molecule has 5 heteroatoms. The smallest absolute Gasteiger partial charge is 0.289 e. The lowest BCUT2D eigenvalue weighted by molar-refractivity contribution is 0.0677. The van der Waals surface area contributed by atoms with E-state index in [-0.39, 0.29) is 18.3 Å². The predicted octanol–water partition coefficient (Wildman–Crippen LogP) is 3.30. The van der Waals surface area contributed by atoms with Crippen molar-refractivity contribution in [3.63, 3.8) is 0 Å². The summed E-state index contributed by atoms with van der Waals surface area (Å²) in [6.45, 7) is 5.71. The van der Waals surface area contributed by atoms with Crippen LogP contribution in [-0.4, -0.2) is 37.0 Å². The zero-order valence-electron chi connectivity index (χ0n) is 13.3. The van der Waals surface area contributed by atoms with Crippen LogP contribution >= 0.6 is 12.4 Å². The van der Waals surface area contributed by atoms with E-state index in [0.29, 0.717) is 11.8 Å². The highest BCUT2D eigenvalue weighted by Gasteiger charge is 2.25. The molecule has 1 aliphatic rings. The van der Waals surface area contributed by atoms with Gasteiger partial charge in [-0.05, 0) is 63.1 Å². The molecule has 2 aromatic rings. The SMILES string of the molecule is CNC1CCN(C(=O)c2cc3cc(C)c(C)cc3o2)CC1.Cl. The second-order valence-electron chi connectivity index (χ2n) is 5.94. The van der Waals surface area contributed by atoms with Crippen molar-refractivity contribution in [2.75, 3.05) is 20.1 Å². The van der Waals surface area contributed by atoms with E-state index in [1.807, 2.05) is 24.1 Å².